The van der Waals surface area contributed by atoms with E-state index in [9.17, 15) is 9.59 Å². The van der Waals surface area contributed by atoms with Crippen LogP contribution >= 0.6 is 0 Å². The van der Waals surface area contributed by atoms with Crippen molar-refractivity contribution in [2.75, 3.05) is 12.4 Å². The second-order valence-electron chi connectivity index (χ2n) is 4.91. The molecule has 104 valence electrons. The van der Waals surface area contributed by atoms with E-state index in [-0.39, 0.29) is 17.6 Å². The number of carbonyl (C=O) groups is 2. The molecule has 1 aromatic rings. The highest BCUT2D eigenvalue weighted by Crippen LogP contribution is 2.13. The third kappa shape index (κ3) is 3.98. The highest BCUT2D eigenvalue weighted by Gasteiger charge is 2.18. The molecule has 19 heavy (non-hydrogen) atoms. The number of hydrogen-bond donors (Lipinski definition) is 2. The van der Waals surface area contributed by atoms with Gasteiger partial charge in [-0.15, -0.1) is 0 Å². The van der Waals surface area contributed by atoms with E-state index < -0.39 is 5.97 Å². The average molecular weight is 264 g/mol. The number of carboxylic acids is 1. The van der Waals surface area contributed by atoms with Crippen molar-refractivity contribution in [1.29, 1.82) is 0 Å². The Labute approximate surface area is 113 Å². The van der Waals surface area contributed by atoms with Gasteiger partial charge >= 0.3 is 12.0 Å². The van der Waals surface area contributed by atoms with Crippen LogP contribution in [0.1, 0.15) is 31.1 Å². The highest BCUT2D eigenvalue weighted by atomic mass is 16.4. The molecule has 0 aliphatic heterocycles. The molecule has 1 aromatic carbocycles. The first-order chi connectivity index (χ1) is 8.82. The Bertz CT molecular complexity index is 472. The first-order valence-corrected chi connectivity index (χ1v) is 6.20. The minimum Gasteiger partial charge on any atom is -0.478 e. The number of benzene rings is 1. The van der Waals surface area contributed by atoms with Crippen molar-refractivity contribution in [2.45, 2.75) is 26.8 Å². The summed E-state index contributed by atoms with van der Waals surface area (Å²) >= 11 is 0. The lowest BCUT2D eigenvalue weighted by Crippen LogP contribution is -2.40. The molecular weight excluding hydrogens is 244 g/mol. The molecule has 0 heterocycles. The van der Waals surface area contributed by atoms with Gasteiger partial charge in [0.25, 0.3) is 0 Å². The van der Waals surface area contributed by atoms with Gasteiger partial charge in [0.2, 0.25) is 0 Å². The number of urea groups is 1. The SMILES string of the molecule is CC(C)C(C)N(C)C(=O)Nc1cccc(C(=O)O)c1. The Hall–Kier alpha value is -2.04. The molecule has 0 fully saturated rings. The summed E-state index contributed by atoms with van der Waals surface area (Å²) in [6.45, 7) is 6.05. The molecule has 0 aliphatic rings. The van der Waals surface area contributed by atoms with E-state index in [1.165, 1.54) is 12.1 Å². The van der Waals surface area contributed by atoms with Crippen molar-refractivity contribution < 1.29 is 14.7 Å². The average Bonchev–Trinajstić information content (AvgIpc) is 2.37. The van der Waals surface area contributed by atoms with Crippen molar-refractivity contribution in [3.05, 3.63) is 29.8 Å². The number of hydrogen-bond acceptors (Lipinski definition) is 2. The number of carboxylic acid groups (broad SMARTS) is 1. The molecule has 1 unspecified atom stereocenters. The number of rotatable bonds is 4. The molecule has 0 spiro atoms. The van der Waals surface area contributed by atoms with Crippen molar-refractivity contribution in [3.8, 4) is 0 Å². The predicted octanol–water partition coefficient (Wildman–Crippen LogP) is 2.89. The predicted molar refractivity (Wildman–Crippen MR) is 74.5 cm³/mol. The molecule has 2 N–H and O–H groups in total. The van der Waals surface area contributed by atoms with Crippen molar-refractivity contribution in [2.24, 2.45) is 5.92 Å². The topological polar surface area (TPSA) is 69.6 Å². The van der Waals surface area contributed by atoms with E-state index in [0.717, 1.165) is 0 Å². The molecule has 1 atom stereocenters. The van der Waals surface area contributed by atoms with Crippen LogP contribution in [0.5, 0.6) is 0 Å². The Balaban J connectivity index is 2.77. The Morgan fingerprint density at radius 1 is 1.26 bits per heavy atom. The third-order valence-corrected chi connectivity index (χ3v) is 3.26. The Morgan fingerprint density at radius 3 is 2.42 bits per heavy atom. The van der Waals surface area contributed by atoms with E-state index >= 15 is 0 Å². The van der Waals surface area contributed by atoms with E-state index in [1.807, 2.05) is 20.8 Å². The maximum absolute atomic E-state index is 12.0. The first kappa shape index (κ1) is 15.0. The zero-order valence-corrected chi connectivity index (χ0v) is 11.7. The minimum atomic E-state index is -1.01. The van der Waals surface area contributed by atoms with Gasteiger partial charge in [-0.2, -0.15) is 0 Å². The number of nitrogens with zero attached hydrogens (tertiary/aromatic N) is 1. The fourth-order valence-electron chi connectivity index (χ4n) is 1.57. The minimum absolute atomic E-state index is 0.0997. The van der Waals surface area contributed by atoms with E-state index in [2.05, 4.69) is 5.32 Å². The molecule has 1 rings (SSSR count). The van der Waals surface area contributed by atoms with Gasteiger partial charge in [-0.25, -0.2) is 9.59 Å². The van der Waals surface area contributed by atoms with E-state index in [4.69, 9.17) is 5.11 Å². The maximum Gasteiger partial charge on any atom is 0.335 e. The van der Waals surface area contributed by atoms with Gasteiger partial charge in [0.05, 0.1) is 5.56 Å². The third-order valence-electron chi connectivity index (χ3n) is 3.26. The van der Waals surface area contributed by atoms with Crippen LogP contribution < -0.4 is 5.32 Å². The lowest BCUT2D eigenvalue weighted by Gasteiger charge is -2.28. The zero-order chi connectivity index (χ0) is 14.6. The van der Waals surface area contributed by atoms with Crippen LogP contribution in [0.15, 0.2) is 24.3 Å². The van der Waals surface area contributed by atoms with E-state index in [1.54, 1.807) is 24.1 Å². The van der Waals surface area contributed by atoms with Gasteiger partial charge in [0.1, 0.15) is 0 Å². The van der Waals surface area contributed by atoms with Crippen LogP contribution in [0.4, 0.5) is 10.5 Å². The van der Waals surface area contributed by atoms with Crippen LogP contribution in [-0.2, 0) is 0 Å². The maximum atomic E-state index is 12.0. The summed E-state index contributed by atoms with van der Waals surface area (Å²) < 4.78 is 0. The van der Waals surface area contributed by atoms with Crippen molar-refractivity contribution >= 4 is 17.7 Å². The first-order valence-electron chi connectivity index (χ1n) is 6.20. The van der Waals surface area contributed by atoms with E-state index in [0.29, 0.717) is 11.6 Å². The van der Waals surface area contributed by atoms with Crippen molar-refractivity contribution in [1.82, 2.24) is 4.90 Å². The van der Waals surface area contributed by atoms with Gasteiger partial charge in [-0.05, 0) is 31.0 Å². The highest BCUT2D eigenvalue weighted by molar-refractivity contribution is 5.93. The zero-order valence-electron chi connectivity index (χ0n) is 11.7. The second kappa shape index (κ2) is 6.22. The lowest BCUT2D eigenvalue weighted by atomic mass is 10.1. The summed E-state index contributed by atoms with van der Waals surface area (Å²) in [6.07, 6.45) is 0. The molecule has 0 radical (unpaired) electrons. The van der Waals surface area contributed by atoms with Crippen LogP contribution in [-0.4, -0.2) is 35.1 Å². The fourth-order valence-corrected chi connectivity index (χ4v) is 1.57. The summed E-state index contributed by atoms with van der Waals surface area (Å²) in [4.78, 5) is 24.5. The summed E-state index contributed by atoms with van der Waals surface area (Å²) in [5, 5.41) is 11.6. The molecule has 2 amide bonds. The molecule has 0 bridgehead atoms. The Morgan fingerprint density at radius 2 is 1.89 bits per heavy atom. The monoisotopic (exact) mass is 264 g/mol. The van der Waals surface area contributed by atoms with Gasteiger partial charge in [-0.3, -0.25) is 0 Å². The summed E-state index contributed by atoms with van der Waals surface area (Å²) in [5.74, 6) is -0.666. The number of amides is 2. The molecule has 5 heteroatoms. The number of aromatic carboxylic acids is 1. The standard InChI is InChI=1S/C14H20N2O3/c1-9(2)10(3)16(4)14(19)15-12-7-5-6-11(8-12)13(17)18/h5-10H,1-4H3,(H,15,19)(H,17,18). The summed E-state index contributed by atoms with van der Waals surface area (Å²) in [7, 11) is 1.72. The van der Waals surface area contributed by atoms with Gasteiger partial charge in [0, 0.05) is 18.8 Å². The van der Waals surface area contributed by atoms with Crippen molar-refractivity contribution in [3.63, 3.8) is 0 Å². The smallest absolute Gasteiger partial charge is 0.335 e. The normalized spacial score (nSPS) is 12.1. The molecule has 0 aromatic heterocycles. The van der Waals surface area contributed by atoms with Gasteiger partial charge < -0.3 is 15.3 Å². The van der Waals surface area contributed by atoms with Crippen LogP contribution in [0.2, 0.25) is 0 Å². The lowest BCUT2D eigenvalue weighted by molar-refractivity contribution is 0.0697. The van der Waals surface area contributed by atoms with Gasteiger partial charge in [0.15, 0.2) is 0 Å². The second-order valence-corrected chi connectivity index (χ2v) is 4.91. The number of nitrogens with one attached hydrogen (secondary N) is 1. The number of carbonyl (C=O) groups excluding carboxylic acids is 1. The fraction of sp³-hybridized carbons (Fsp3) is 0.429. The van der Waals surface area contributed by atoms with Gasteiger partial charge in [-0.1, -0.05) is 19.9 Å². The number of anilines is 1. The summed E-state index contributed by atoms with van der Waals surface area (Å²) in [6, 6.07) is 6.04. The molecular formula is C14H20N2O3. The molecule has 0 saturated heterocycles. The summed E-state index contributed by atoms with van der Waals surface area (Å²) in [5.41, 5.74) is 0.630. The molecule has 5 nitrogen and oxygen atoms in total. The largest absolute Gasteiger partial charge is 0.478 e. The van der Waals surface area contributed by atoms with Crippen LogP contribution in [0.25, 0.3) is 0 Å². The molecule has 0 saturated carbocycles. The Kier molecular flexibility index (Phi) is 4.92. The quantitative estimate of drug-likeness (QED) is 0.878. The van der Waals surface area contributed by atoms with Crippen LogP contribution in [0.3, 0.4) is 0 Å². The van der Waals surface area contributed by atoms with Crippen LogP contribution in [0, 0.1) is 5.92 Å². The molecule has 0 aliphatic carbocycles.